The van der Waals surface area contributed by atoms with Gasteiger partial charge in [-0.2, -0.15) is 14.6 Å². The highest BCUT2D eigenvalue weighted by atomic mass is 32.2. The van der Waals surface area contributed by atoms with Crippen molar-refractivity contribution in [3.63, 3.8) is 0 Å². The number of aromatic nitrogens is 5. The topological polar surface area (TPSA) is 142 Å². The highest BCUT2D eigenvalue weighted by molar-refractivity contribution is 7.89. The summed E-state index contributed by atoms with van der Waals surface area (Å²) in [6.07, 6.45) is 4.70. The van der Waals surface area contributed by atoms with Gasteiger partial charge in [0.05, 0.1) is 11.1 Å². The smallest absolute Gasteiger partial charge is 0.324 e. The van der Waals surface area contributed by atoms with Gasteiger partial charge in [0, 0.05) is 55.2 Å². The van der Waals surface area contributed by atoms with Gasteiger partial charge in [0.25, 0.3) is 0 Å². The molecule has 11 nitrogen and oxygen atoms in total. The molecule has 5 rings (SSSR count). The number of benzene rings is 1. The second kappa shape index (κ2) is 8.69. The number of nitrogens with zero attached hydrogens (tertiary/aromatic N) is 6. The monoisotopic (exact) mass is 483 g/mol. The van der Waals surface area contributed by atoms with E-state index < -0.39 is 10.0 Å². The molecule has 178 valence electrons. The second-order valence-corrected chi connectivity index (χ2v) is 10.0. The van der Waals surface area contributed by atoms with Crippen molar-refractivity contribution < 1.29 is 17.7 Å². The average Bonchev–Trinajstić information content (AvgIpc) is 3.48. The Balaban J connectivity index is 1.35. The van der Waals surface area contributed by atoms with Crippen molar-refractivity contribution in [1.82, 2.24) is 24.7 Å². The van der Waals surface area contributed by atoms with E-state index in [1.165, 1.54) is 6.07 Å². The van der Waals surface area contributed by atoms with Crippen LogP contribution in [0.3, 0.4) is 0 Å². The molecule has 2 N–H and O–H groups in total. The standard InChI is InChI=1S/C22H25N7O4S/c1-14(2)20-26-22(33-27-20)28-11-8-15(9-12-28)32-19-7-10-24-21-17(13-25-29(19)21)16-5-3-4-6-18(16)34(23,30)31/h3-7,10,13-15H,8-9,11-12H2,1-2H3,(H2,23,30,31). The van der Waals surface area contributed by atoms with E-state index in [1.54, 1.807) is 41.2 Å². The van der Waals surface area contributed by atoms with Crippen molar-refractivity contribution in [2.24, 2.45) is 5.14 Å². The molecule has 4 heterocycles. The first kappa shape index (κ1) is 22.3. The van der Waals surface area contributed by atoms with Gasteiger partial charge in [-0.05, 0) is 6.07 Å². The van der Waals surface area contributed by atoms with Crippen LogP contribution in [0.4, 0.5) is 6.01 Å². The van der Waals surface area contributed by atoms with Crippen LogP contribution < -0.4 is 14.8 Å². The molecular formula is C22H25N7O4S. The Bertz CT molecular complexity index is 1420. The Hall–Kier alpha value is -3.51. The summed E-state index contributed by atoms with van der Waals surface area (Å²) in [5.41, 5.74) is 1.48. The molecule has 4 aromatic rings. The minimum atomic E-state index is -3.91. The summed E-state index contributed by atoms with van der Waals surface area (Å²) in [6, 6.07) is 8.81. The minimum absolute atomic E-state index is 0.0204. The van der Waals surface area contributed by atoms with Crippen LogP contribution in [0.2, 0.25) is 0 Å². The Morgan fingerprint density at radius 1 is 1.15 bits per heavy atom. The number of primary sulfonamides is 1. The Labute approximate surface area is 196 Å². The van der Waals surface area contributed by atoms with E-state index in [0.29, 0.717) is 34.5 Å². The predicted octanol–water partition coefficient (Wildman–Crippen LogP) is 2.60. The van der Waals surface area contributed by atoms with E-state index in [-0.39, 0.29) is 16.9 Å². The lowest BCUT2D eigenvalue weighted by Crippen LogP contribution is -2.38. The number of anilines is 1. The van der Waals surface area contributed by atoms with Crippen LogP contribution >= 0.6 is 0 Å². The number of rotatable bonds is 6. The Kier molecular flexibility index (Phi) is 5.70. The molecule has 3 aromatic heterocycles. The molecule has 0 radical (unpaired) electrons. The molecule has 1 fully saturated rings. The number of hydrogen-bond donors (Lipinski definition) is 1. The van der Waals surface area contributed by atoms with Crippen LogP contribution in [0.15, 0.2) is 52.1 Å². The zero-order valence-electron chi connectivity index (χ0n) is 18.8. The van der Waals surface area contributed by atoms with Crippen LogP contribution in [0, 0.1) is 0 Å². The van der Waals surface area contributed by atoms with Gasteiger partial charge in [-0.1, -0.05) is 37.2 Å². The lowest BCUT2D eigenvalue weighted by Gasteiger charge is -2.30. The summed E-state index contributed by atoms with van der Waals surface area (Å²) < 4.78 is 37.4. The Morgan fingerprint density at radius 2 is 1.91 bits per heavy atom. The summed E-state index contributed by atoms with van der Waals surface area (Å²) in [7, 11) is -3.91. The molecule has 1 saturated heterocycles. The molecule has 0 atom stereocenters. The summed E-state index contributed by atoms with van der Waals surface area (Å²) in [5, 5.41) is 13.9. The molecule has 0 unspecified atom stereocenters. The van der Waals surface area contributed by atoms with Gasteiger partial charge in [0.2, 0.25) is 15.9 Å². The molecule has 0 amide bonds. The summed E-state index contributed by atoms with van der Waals surface area (Å²) in [6.45, 7) is 5.51. The number of nitrogens with two attached hydrogens (primary N) is 1. The first-order valence-electron chi connectivity index (χ1n) is 11.0. The van der Waals surface area contributed by atoms with E-state index in [4.69, 9.17) is 14.4 Å². The SMILES string of the molecule is CC(C)c1noc(N2CCC(Oc3ccnc4c(-c5ccccc5S(N)(=O)=O)cnn34)CC2)n1. The van der Waals surface area contributed by atoms with E-state index in [9.17, 15) is 8.42 Å². The lowest BCUT2D eigenvalue weighted by atomic mass is 10.1. The highest BCUT2D eigenvalue weighted by Crippen LogP contribution is 2.31. The van der Waals surface area contributed by atoms with Gasteiger partial charge in [-0.3, -0.25) is 0 Å². The number of ether oxygens (including phenoxy) is 1. The third kappa shape index (κ3) is 4.21. The van der Waals surface area contributed by atoms with Gasteiger partial charge in [0.1, 0.15) is 6.10 Å². The maximum Gasteiger partial charge on any atom is 0.324 e. The van der Waals surface area contributed by atoms with Crippen molar-refractivity contribution in [2.45, 2.75) is 43.6 Å². The predicted molar refractivity (Wildman–Crippen MR) is 124 cm³/mol. The van der Waals surface area contributed by atoms with Crippen molar-refractivity contribution in [3.05, 3.63) is 48.5 Å². The number of fused-ring (bicyclic) bond motifs is 1. The highest BCUT2D eigenvalue weighted by Gasteiger charge is 2.26. The van der Waals surface area contributed by atoms with Gasteiger partial charge < -0.3 is 14.2 Å². The zero-order chi connectivity index (χ0) is 23.9. The normalized spacial score (nSPS) is 15.4. The van der Waals surface area contributed by atoms with Crippen molar-refractivity contribution in [2.75, 3.05) is 18.0 Å². The molecular weight excluding hydrogens is 458 g/mol. The summed E-state index contributed by atoms with van der Waals surface area (Å²) >= 11 is 0. The van der Waals surface area contributed by atoms with E-state index in [2.05, 4.69) is 25.1 Å². The zero-order valence-corrected chi connectivity index (χ0v) is 19.6. The molecule has 12 heteroatoms. The van der Waals surface area contributed by atoms with Crippen LogP contribution in [0.25, 0.3) is 16.8 Å². The average molecular weight is 484 g/mol. The Morgan fingerprint density at radius 3 is 2.62 bits per heavy atom. The second-order valence-electron chi connectivity index (χ2n) is 8.51. The molecule has 34 heavy (non-hydrogen) atoms. The van der Waals surface area contributed by atoms with E-state index in [0.717, 1.165) is 25.9 Å². The number of piperidine rings is 1. The van der Waals surface area contributed by atoms with Crippen LogP contribution in [-0.2, 0) is 10.0 Å². The quantitative estimate of drug-likeness (QED) is 0.438. The van der Waals surface area contributed by atoms with Crippen molar-refractivity contribution in [1.29, 1.82) is 0 Å². The lowest BCUT2D eigenvalue weighted by molar-refractivity contribution is 0.158. The minimum Gasteiger partial charge on any atom is -0.474 e. The largest absolute Gasteiger partial charge is 0.474 e. The maximum absolute atomic E-state index is 12.1. The van der Waals surface area contributed by atoms with Gasteiger partial charge >= 0.3 is 6.01 Å². The van der Waals surface area contributed by atoms with E-state index >= 15 is 0 Å². The molecule has 0 bridgehead atoms. The fraction of sp³-hybridized carbons (Fsp3) is 0.364. The fourth-order valence-electron chi connectivity index (χ4n) is 4.01. The van der Waals surface area contributed by atoms with Crippen molar-refractivity contribution >= 4 is 21.7 Å². The molecule has 0 spiro atoms. The molecule has 0 aliphatic carbocycles. The number of hydrogen-bond acceptors (Lipinski definition) is 9. The molecule has 1 aliphatic heterocycles. The first-order valence-corrected chi connectivity index (χ1v) is 12.6. The summed E-state index contributed by atoms with van der Waals surface area (Å²) in [5.74, 6) is 1.44. The third-order valence-electron chi connectivity index (χ3n) is 5.80. The third-order valence-corrected chi connectivity index (χ3v) is 6.77. The molecule has 1 aliphatic rings. The van der Waals surface area contributed by atoms with Crippen molar-refractivity contribution in [3.8, 4) is 17.0 Å². The van der Waals surface area contributed by atoms with E-state index in [1.807, 2.05) is 13.8 Å². The summed E-state index contributed by atoms with van der Waals surface area (Å²) in [4.78, 5) is 11.0. The fourth-order valence-corrected chi connectivity index (χ4v) is 4.76. The molecule has 0 saturated carbocycles. The van der Waals surface area contributed by atoms with Gasteiger partial charge in [0.15, 0.2) is 11.5 Å². The van der Waals surface area contributed by atoms with Gasteiger partial charge in [-0.25, -0.2) is 18.5 Å². The first-order chi connectivity index (χ1) is 16.3. The van der Waals surface area contributed by atoms with Crippen LogP contribution in [-0.4, -0.2) is 52.3 Å². The van der Waals surface area contributed by atoms with Gasteiger partial charge in [-0.15, -0.1) is 0 Å². The maximum atomic E-state index is 12.1. The van der Waals surface area contributed by atoms with Crippen LogP contribution in [0.1, 0.15) is 38.4 Å². The number of sulfonamides is 1. The van der Waals surface area contributed by atoms with Crippen LogP contribution in [0.5, 0.6) is 5.88 Å². The molecule has 1 aromatic carbocycles.